The summed E-state index contributed by atoms with van der Waals surface area (Å²) in [5.74, 6) is 0. The first-order valence-electron chi connectivity index (χ1n) is 4.37. The van der Waals surface area contributed by atoms with Crippen LogP contribution in [0.25, 0.3) is 0 Å². The molecule has 0 heterocycles. The van der Waals surface area contributed by atoms with Crippen molar-refractivity contribution in [2.24, 2.45) is 0 Å². The van der Waals surface area contributed by atoms with Crippen molar-refractivity contribution < 1.29 is 8.42 Å². The number of hydrogen-bond donors (Lipinski definition) is 0. The Balaban J connectivity index is 4.19. The summed E-state index contributed by atoms with van der Waals surface area (Å²) in [7, 11) is -1.51. The molecule has 0 amide bonds. The van der Waals surface area contributed by atoms with Crippen LogP contribution in [0, 0.1) is 0 Å². The molecule has 80 valence electrons. The average Bonchev–Trinajstić information content (AvgIpc) is 1.99. The molecule has 0 aliphatic carbocycles. The fourth-order valence-electron chi connectivity index (χ4n) is 0.847. The van der Waals surface area contributed by atoms with Crippen molar-refractivity contribution in [3.63, 3.8) is 0 Å². The fraction of sp³-hybridized carbons (Fsp3) is 1.00. The Bertz CT molecular complexity index is 237. The van der Waals surface area contributed by atoms with Crippen LogP contribution in [0.2, 0.25) is 0 Å². The van der Waals surface area contributed by atoms with Gasteiger partial charge in [0.25, 0.3) is 0 Å². The quantitative estimate of drug-likeness (QED) is 0.671. The number of hydrogen-bond acceptors (Lipinski definition) is 2. The molecule has 1 atom stereocenters. The van der Waals surface area contributed by atoms with Crippen molar-refractivity contribution in [2.45, 2.75) is 37.8 Å². The maximum atomic E-state index is 11.5. The molecular weight excluding hydrogens is 210 g/mol. The Kier molecular flexibility index (Phi) is 5.25. The molecule has 0 aromatic rings. The van der Waals surface area contributed by atoms with E-state index in [4.69, 9.17) is 11.6 Å². The summed E-state index contributed by atoms with van der Waals surface area (Å²) in [6, 6.07) is 0. The standard InChI is InChI=1S/C8H18ClNO2S/c1-7(2)13(11,12)10(4)6-5-8(3)9/h7-8H,5-6H2,1-4H3. The second-order valence-corrected chi connectivity index (χ2v) is 6.83. The van der Waals surface area contributed by atoms with Crippen molar-refractivity contribution in [3.05, 3.63) is 0 Å². The van der Waals surface area contributed by atoms with Crippen LogP contribution in [0.4, 0.5) is 0 Å². The number of rotatable bonds is 5. The first-order chi connectivity index (χ1) is 5.78. The van der Waals surface area contributed by atoms with Crippen LogP contribution in [0.1, 0.15) is 27.2 Å². The minimum absolute atomic E-state index is 0.0183. The third-order valence-corrected chi connectivity index (χ3v) is 4.33. The predicted molar refractivity (Wildman–Crippen MR) is 56.6 cm³/mol. The van der Waals surface area contributed by atoms with Gasteiger partial charge >= 0.3 is 0 Å². The van der Waals surface area contributed by atoms with E-state index in [1.165, 1.54) is 4.31 Å². The average molecular weight is 228 g/mol. The molecule has 0 saturated heterocycles. The highest BCUT2D eigenvalue weighted by Crippen LogP contribution is 2.08. The summed E-state index contributed by atoms with van der Waals surface area (Å²) >= 11 is 5.73. The monoisotopic (exact) mass is 227 g/mol. The lowest BCUT2D eigenvalue weighted by molar-refractivity contribution is 0.454. The van der Waals surface area contributed by atoms with E-state index in [2.05, 4.69) is 0 Å². The van der Waals surface area contributed by atoms with E-state index in [-0.39, 0.29) is 10.6 Å². The number of alkyl halides is 1. The van der Waals surface area contributed by atoms with E-state index in [0.29, 0.717) is 13.0 Å². The zero-order valence-corrected chi connectivity index (χ0v) is 10.2. The van der Waals surface area contributed by atoms with Crippen LogP contribution >= 0.6 is 11.6 Å². The SMILES string of the molecule is CC(Cl)CCN(C)S(=O)(=O)C(C)C. The topological polar surface area (TPSA) is 37.4 Å². The van der Waals surface area contributed by atoms with E-state index in [1.54, 1.807) is 20.9 Å². The smallest absolute Gasteiger partial charge is 0.212 e. The van der Waals surface area contributed by atoms with Crippen molar-refractivity contribution in [1.82, 2.24) is 4.31 Å². The summed E-state index contributed by atoms with van der Waals surface area (Å²) in [4.78, 5) is 0. The Hall–Kier alpha value is 0.200. The van der Waals surface area contributed by atoms with Gasteiger partial charge in [-0.1, -0.05) is 0 Å². The molecule has 5 heteroatoms. The third kappa shape index (κ3) is 4.29. The molecule has 0 N–H and O–H groups in total. The van der Waals surface area contributed by atoms with Gasteiger partial charge in [0.15, 0.2) is 0 Å². The van der Waals surface area contributed by atoms with E-state index < -0.39 is 10.0 Å². The van der Waals surface area contributed by atoms with Gasteiger partial charge in [0.05, 0.1) is 5.25 Å². The van der Waals surface area contributed by atoms with Crippen LogP contribution in [-0.2, 0) is 10.0 Å². The fourth-order valence-corrected chi connectivity index (χ4v) is 2.02. The molecule has 0 rings (SSSR count). The first-order valence-corrected chi connectivity index (χ1v) is 6.31. The Morgan fingerprint density at radius 2 is 1.77 bits per heavy atom. The maximum Gasteiger partial charge on any atom is 0.216 e. The Morgan fingerprint density at radius 3 is 2.08 bits per heavy atom. The number of nitrogens with zero attached hydrogens (tertiary/aromatic N) is 1. The molecule has 0 aliphatic rings. The molecule has 0 bridgehead atoms. The normalized spacial score (nSPS) is 15.3. The first kappa shape index (κ1) is 13.2. The second-order valence-electron chi connectivity index (χ2n) is 3.48. The van der Waals surface area contributed by atoms with Crippen molar-refractivity contribution in [3.8, 4) is 0 Å². The van der Waals surface area contributed by atoms with Gasteiger partial charge in [0.2, 0.25) is 10.0 Å². The van der Waals surface area contributed by atoms with E-state index in [0.717, 1.165) is 0 Å². The van der Waals surface area contributed by atoms with Gasteiger partial charge in [-0.15, -0.1) is 11.6 Å². The summed E-state index contributed by atoms with van der Waals surface area (Å²) in [5.41, 5.74) is 0. The molecule has 3 nitrogen and oxygen atoms in total. The predicted octanol–water partition coefficient (Wildman–Crippen LogP) is 1.67. The molecule has 0 fully saturated rings. The highest BCUT2D eigenvalue weighted by atomic mass is 35.5. The van der Waals surface area contributed by atoms with E-state index in [1.807, 2.05) is 6.92 Å². The summed E-state index contributed by atoms with van der Waals surface area (Å²) in [6.07, 6.45) is 0.685. The van der Waals surface area contributed by atoms with Gasteiger partial charge in [-0.05, 0) is 27.2 Å². The van der Waals surface area contributed by atoms with Crippen LogP contribution in [0.15, 0.2) is 0 Å². The number of halogens is 1. The van der Waals surface area contributed by atoms with Crippen LogP contribution in [0.5, 0.6) is 0 Å². The molecule has 0 aromatic heterocycles. The lowest BCUT2D eigenvalue weighted by Gasteiger charge is -2.19. The molecule has 0 spiro atoms. The molecule has 0 saturated carbocycles. The van der Waals surface area contributed by atoms with Crippen molar-refractivity contribution >= 4 is 21.6 Å². The van der Waals surface area contributed by atoms with Gasteiger partial charge in [-0.3, -0.25) is 0 Å². The largest absolute Gasteiger partial charge is 0.216 e. The minimum Gasteiger partial charge on any atom is -0.212 e. The Morgan fingerprint density at radius 1 is 1.31 bits per heavy atom. The summed E-state index contributed by atoms with van der Waals surface area (Å²) in [5, 5.41) is -0.340. The van der Waals surface area contributed by atoms with Crippen molar-refractivity contribution in [2.75, 3.05) is 13.6 Å². The van der Waals surface area contributed by atoms with Gasteiger partial charge < -0.3 is 0 Å². The zero-order valence-electron chi connectivity index (χ0n) is 8.62. The second kappa shape index (κ2) is 5.17. The summed E-state index contributed by atoms with van der Waals surface area (Å²) in [6.45, 7) is 5.70. The Labute approximate surface area is 86.1 Å². The van der Waals surface area contributed by atoms with E-state index >= 15 is 0 Å². The van der Waals surface area contributed by atoms with Crippen LogP contribution < -0.4 is 0 Å². The molecule has 0 aliphatic heterocycles. The maximum absolute atomic E-state index is 11.5. The highest BCUT2D eigenvalue weighted by molar-refractivity contribution is 7.89. The van der Waals surface area contributed by atoms with Gasteiger partial charge in [0.1, 0.15) is 0 Å². The number of sulfonamides is 1. The third-order valence-electron chi connectivity index (χ3n) is 1.87. The lowest BCUT2D eigenvalue weighted by atomic mass is 10.3. The van der Waals surface area contributed by atoms with Crippen molar-refractivity contribution in [1.29, 1.82) is 0 Å². The van der Waals surface area contributed by atoms with Gasteiger partial charge in [0, 0.05) is 19.0 Å². The van der Waals surface area contributed by atoms with E-state index in [9.17, 15) is 8.42 Å². The van der Waals surface area contributed by atoms with Crippen LogP contribution in [0.3, 0.4) is 0 Å². The van der Waals surface area contributed by atoms with Gasteiger partial charge in [-0.25, -0.2) is 12.7 Å². The zero-order chi connectivity index (χ0) is 10.6. The summed E-state index contributed by atoms with van der Waals surface area (Å²) < 4.78 is 24.4. The molecule has 13 heavy (non-hydrogen) atoms. The highest BCUT2D eigenvalue weighted by Gasteiger charge is 2.21. The lowest BCUT2D eigenvalue weighted by Crippen LogP contribution is -2.34. The molecular formula is C8H18ClNO2S. The molecule has 0 aromatic carbocycles. The molecule has 1 unspecified atom stereocenters. The minimum atomic E-state index is -3.10. The molecule has 0 radical (unpaired) electrons. The van der Waals surface area contributed by atoms with Gasteiger partial charge in [-0.2, -0.15) is 0 Å². The van der Waals surface area contributed by atoms with Crippen LogP contribution in [-0.4, -0.2) is 36.9 Å².